The van der Waals surface area contributed by atoms with Crippen LogP contribution in [0, 0.1) is 17.0 Å². The number of nitrogens with zero attached hydrogens (tertiary/aromatic N) is 3. The first-order valence-electron chi connectivity index (χ1n) is 7.10. The average molecular weight is 380 g/mol. The van der Waals surface area contributed by atoms with Crippen LogP contribution in [0.25, 0.3) is 11.3 Å². The Hall–Kier alpha value is -2.64. The molecular weight excluding hydrogens is 369 g/mol. The fourth-order valence-electron chi connectivity index (χ4n) is 2.19. The highest BCUT2D eigenvalue weighted by atomic mass is 35.5. The molecule has 0 unspecified atom stereocenters. The van der Waals surface area contributed by atoms with E-state index in [1.165, 1.54) is 12.1 Å². The van der Waals surface area contributed by atoms with Crippen LogP contribution in [0.1, 0.15) is 11.3 Å². The van der Waals surface area contributed by atoms with Gasteiger partial charge in [-0.2, -0.15) is 0 Å². The van der Waals surface area contributed by atoms with Crippen molar-refractivity contribution < 1.29 is 14.2 Å². The number of aryl methyl sites for hydroxylation is 1. The smallest absolute Gasteiger partial charge is 0.287 e. The van der Waals surface area contributed by atoms with E-state index in [1.54, 1.807) is 25.1 Å². The minimum Gasteiger partial charge on any atom is -0.473 e. The summed E-state index contributed by atoms with van der Waals surface area (Å²) in [6.07, 6.45) is 1.13. The Kier molecular flexibility index (Phi) is 4.87. The van der Waals surface area contributed by atoms with Gasteiger partial charge in [-0.3, -0.25) is 10.1 Å². The van der Waals surface area contributed by atoms with E-state index in [0.717, 1.165) is 6.20 Å². The Bertz CT molecular complexity index is 905. The molecule has 0 N–H and O–H groups in total. The molecule has 3 aromatic rings. The molecule has 0 amide bonds. The average Bonchev–Trinajstić information content (AvgIpc) is 2.94. The molecule has 9 heteroatoms. The maximum absolute atomic E-state index is 10.6. The molecule has 0 radical (unpaired) electrons. The zero-order chi connectivity index (χ0) is 18.0. The molecule has 0 saturated heterocycles. The number of pyridine rings is 1. The lowest BCUT2D eigenvalue weighted by Gasteiger charge is -2.08. The number of hydrogen-bond acceptors (Lipinski definition) is 6. The fourth-order valence-corrected chi connectivity index (χ4v) is 2.77. The van der Waals surface area contributed by atoms with Crippen LogP contribution in [0.4, 0.5) is 5.69 Å². The molecule has 0 bridgehead atoms. The SMILES string of the molecule is Cc1onc(-c2c(Cl)cccc2Cl)c1COc1ccc([N+](=O)[O-])cn1. The van der Waals surface area contributed by atoms with E-state index in [0.29, 0.717) is 32.6 Å². The van der Waals surface area contributed by atoms with E-state index in [1.807, 2.05) is 0 Å². The van der Waals surface area contributed by atoms with Gasteiger partial charge in [0.2, 0.25) is 5.88 Å². The molecule has 0 aliphatic rings. The van der Waals surface area contributed by atoms with Crippen LogP contribution < -0.4 is 4.74 Å². The van der Waals surface area contributed by atoms with Crippen LogP contribution in [-0.4, -0.2) is 15.1 Å². The molecule has 0 aliphatic heterocycles. The number of benzene rings is 1. The molecule has 0 fully saturated rings. The Morgan fingerprint density at radius 3 is 2.56 bits per heavy atom. The van der Waals surface area contributed by atoms with Crippen molar-refractivity contribution in [1.82, 2.24) is 10.1 Å². The van der Waals surface area contributed by atoms with E-state index in [2.05, 4.69) is 10.1 Å². The zero-order valence-corrected chi connectivity index (χ0v) is 14.4. The first kappa shape index (κ1) is 17.2. The molecule has 0 aliphatic carbocycles. The van der Waals surface area contributed by atoms with Crippen molar-refractivity contribution in [3.63, 3.8) is 0 Å². The van der Waals surface area contributed by atoms with Crippen LogP contribution in [0.3, 0.4) is 0 Å². The predicted octanol–water partition coefficient (Wildman–Crippen LogP) is 4.84. The van der Waals surface area contributed by atoms with Crippen LogP contribution in [-0.2, 0) is 6.61 Å². The number of ether oxygens (including phenoxy) is 1. The van der Waals surface area contributed by atoms with Crippen LogP contribution in [0.2, 0.25) is 10.0 Å². The number of hydrogen-bond donors (Lipinski definition) is 0. The largest absolute Gasteiger partial charge is 0.473 e. The van der Waals surface area contributed by atoms with Gasteiger partial charge in [0.05, 0.1) is 20.5 Å². The second-order valence-corrected chi connectivity index (χ2v) is 5.88. The van der Waals surface area contributed by atoms with Gasteiger partial charge in [0, 0.05) is 17.7 Å². The Morgan fingerprint density at radius 2 is 1.96 bits per heavy atom. The normalized spacial score (nSPS) is 10.7. The molecule has 1 aromatic carbocycles. The molecule has 2 heterocycles. The van der Waals surface area contributed by atoms with E-state index in [9.17, 15) is 10.1 Å². The molecule has 128 valence electrons. The van der Waals surface area contributed by atoms with Gasteiger partial charge in [-0.25, -0.2) is 4.98 Å². The van der Waals surface area contributed by atoms with Gasteiger partial charge >= 0.3 is 0 Å². The van der Waals surface area contributed by atoms with E-state index >= 15 is 0 Å². The second-order valence-electron chi connectivity index (χ2n) is 5.06. The summed E-state index contributed by atoms with van der Waals surface area (Å²) >= 11 is 12.5. The monoisotopic (exact) mass is 379 g/mol. The van der Waals surface area contributed by atoms with Crippen molar-refractivity contribution in [3.8, 4) is 17.1 Å². The summed E-state index contributed by atoms with van der Waals surface area (Å²) in [7, 11) is 0. The summed E-state index contributed by atoms with van der Waals surface area (Å²) < 4.78 is 10.8. The molecular formula is C16H11Cl2N3O4. The van der Waals surface area contributed by atoms with Crippen molar-refractivity contribution in [3.05, 3.63) is 68.0 Å². The minimum atomic E-state index is -0.529. The summed E-state index contributed by atoms with van der Waals surface area (Å²) in [5.41, 5.74) is 1.58. The van der Waals surface area contributed by atoms with Crippen molar-refractivity contribution in [1.29, 1.82) is 0 Å². The highest BCUT2D eigenvalue weighted by molar-refractivity contribution is 6.39. The lowest BCUT2D eigenvalue weighted by atomic mass is 10.1. The molecule has 2 aromatic heterocycles. The van der Waals surface area contributed by atoms with Crippen molar-refractivity contribution in [2.45, 2.75) is 13.5 Å². The van der Waals surface area contributed by atoms with Gasteiger partial charge in [0.15, 0.2) is 0 Å². The summed E-state index contributed by atoms with van der Waals surface area (Å²) in [6, 6.07) is 7.88. The minimum absolute atomic E-state index is 0.0943. The predicted molar refractivity (Wildman–Crippen MR) is 91.9 cm³/mol. The van der Waals surface area contributed by atoms with Gasteiger partial charge in [-0.05, 0) is 19.1 Å². The van der Waals surface area contributed by atoms with E-state index in [4.69, 9.17) is 32.5 Å². The Labute approximate surface area is 152 Å². The van der Waals surface area contributed by atoms with Gasteiger partial charge in [-0.1, -0.05) is 34.4 Å². The van der Waals surface area contributed by atoms with Gasteiger partial charge in [0.1, 0.15) is 24.3 Å². The maximum atomic E-state index is 10.6. The number of nitro groups is 1. The third-order valence-corrected chi connectivity index (χ3v) is 4.11. The molecule has 0 spiro atoms. The Morgan fingerprint density at radius 1 is 1.24 bits per heavy atom. The topological polar surface area (TPSA) is 91.3 Å². The first-order chi connectivity index (χ1) is 12.0. The van der Waals surface area contributed by atoms with Crippen molar-refractivity contribution >= 4 is 28.9 Å². The molecule has 0 atom stereocenters. The lowest BCUT2D eigenvalue weighted by Crippen LogP contribution is -2.00. The summed E-state index contributed by atoms with van der Waals surface area (Å²) in [5, 5.41) is 15.6. The van der Waals surface area contributed by atoms with Gasteiger partial charge in [-0.15, -0.1) is 0 Å². The van der Waals surface area contributed by atoms with E-state index < -0.39 is 4.92 Å². The fraction of sp³-hybridized carbons (Fsp3) is 0.125. The van der Waals surface area contributed by atoms with E-state index in [-0.39, 0.29) is 18.2 Å². The maximum Gasteiger partial charge on any atom is 0.287 e. The highest BCUT2D eigenvalue weighted by Crippen LogP contribution is 2.37. The molecule has 25 heavy (non-hydrogen) atoms. The third-order valence-electron chi connectivity index (χ3n) is 3.48. The van der Waals surface area contributed by atoms with Crippen LogP contribution in [0.5, 0.6) is 5.88 Å². The summed E-state index contributed by atoms with van der Waals surface area (Å²) in [5.74, 6) is 0.787. The molecule has 0 saturated carbocycles. The van der Waals surface area contributed by atoms with Crippen LogP contribution >= 0.6 is 23.2 Å². The van der Waals surface area contributed by atoms with Crippen molar-refractivity contribution in [2.24, 2.45) is 0 Å². The van der Waals surface area contributed by atoms with Gasteiger partial charge < -0.3 is 9.26 Å². The first-order valence-corrected chi connectivity index (χ1v) is 7.85. The highest BCUT2D eigenvalue weighted by Gasteiger charge is 2.20. The summed E-state index contributed by atoms with van der Waals surface area (Å²) in [4.78, 5) is 14.0. The second kappa shape index (κ2) is 7.08. The lowest BCUT2D eigenvalue weighted by molar-refractivity contribution is -0.385. The van der Waals surface area contributed by atoms with Crippen molar-refractivity contribution in [2.75, 3.05) is 0 Å². The number of rotatable bonds is 5. The third kappa shape index (κ3) is 3.57. The van der Waals surface area contributed by atoms with Crippen LogP contribution in [0.15, 0.2) is 41.1 Å². The molecule has 7 nitrogen and oxygen atoms in total. The molecule has 3 rings (SSSR count). The zero-order valence-electron chi connectivity index (χ0n) is 12.9. The number of halogens is 2. The summed E-state index contributed by atoms with van der Waals surface area (Å²) in [6.45, 7) is 1.83. The van der Waals surface area contributed by atoms with Gasteiger partial charge in [0.25, 0.3) is 5.69 Å². The Balaban J connectivity index is 1.86. The number of aromatic nitrogens is 2. The quantitative estimate of drug-likeness (QED) is 0.465. The standard InChI is InChI=1S/C16H11Cl2N3O4/c1-9-11(8-24-14-6-5-10(7-19-14)21(22)23)16(20-25-9)15-12(17)3-2-4-13(15)18/h2-7H,8H2,1H3.